The summed E-state index contributed by atoms with van der Waals surface area (Å²) >= 11 is 0. The van der Waals surface area contributed by atoms with Gasteiger partial charge in [0.2, 0.25) is 0 Å². The fraction of sp³-hybridized carbons (Fsp3) is 0.136. The Labute approximate surface area is 162 Å². The number of anilines is 1. The molecule has 3 aromatic carbocycles. The lowest BCUT2D eigenvalue weighted by atomic mass is 10.1. The largest absolute Gasteiger partial charge is 0.504 e. The lowest BCUT2D eigenvalue weighted by Gasteiger charge is -2.11. The molecule has 0 saturated carbocycles. The Bertz CT molecular complexity index is 974. The summed E-state index contributed by atoms with van der Waals surface area (Å²) in [5.41, 5.74) is 1.38. The standard InChI is InChI=1S/C22H20FNO4/c1-27-20-11-3-2-6-15(20)12-13-28-17-8-4-7-16(14-17)24-22(26)18-9-5-10-19(23)21(18)25/h2-11,14,25H,12-13H2,1H3,(H,24,26). The van der Waals surface area contributed by atoms with Gasteiger partial charge in [0.25, 0.3) is 5.91 Å². The molecule has 0 aliphatic carbocycles. The van der Waals surface area contributed by atoms with Crippen molar-refractivity contribution < 1.29 is 23.8 Å². The van der Waals surface area contributed by atoms with Crippen molar-refractivity contribution in [3.8, 4) is 17.2 Å². The number of hydrogen-bond donors (Lipinski definition) is 2. The smallest absolute Gasteiger partial charge is 0.259 e. The lowest BCUT2D eigenvalue weighted by molar-refractivity contribution is 0.102. The lowest BCUT2D eigenvalue weighted by Crippen LogP contribution is -2.12. The van der Waals surface area contributed by atoms with Crippen LogP contribution in [0.4, 0.5) is 10.1 Å². The van der Waals surface area contributed by atoms with Crippen molar-refractivity contribution >= 4 is 11.6 Å². The van der Waals surface area contributed by atoms with Crippen molar-refractivity contribution in [2.75, 3.05) is 19.0 Å². The van der Waals surface area contributed by atoms with Crippen LogP contribution in [0.2, 0.25) is 0 Å². The van der Waals surface area contributed by atoms with E-state index in [2.05, 4.69) is 5.32 Å². The number of ether oxygens (including phenoxy) is 2. The van der Waals surface area contributed by atoms with Crippen LogP contribution < -0.4 is 14.8 Å². The Balaban J connectivity index is 1.62. The number of hydrogen-bond acceptors (Lipinski definition) is 4. The molecule has 2 N–H and O–H groups in total. The molecule has 5 nitrogen and oxygen atoms in total. The average Bonchev–Trinajstić information content (AvgIpc) is 2.70. The van der Waals surface area contributed by atoms with Gasteiger partial charge in [0, 0.05) is 18.2 Å². The van der Waals surface area contributed by atoms with E-state index in [9.17, 15) is 14.3 Å². The monoisotopic (exact) mass is 381 g/mol. The third-order valence-electron chi connectivity index (χ3n) is 4.16. The van der Waals surface area contributed by atoms with Gasteiger partial charge in [-0.15, -0.1) is 0 Å². The summed E-state index contributed by atoms with van der Waals surface area (Å²) < 4.78 is 24.5. The third kappa shape index (κ3) is 4.59. The predicted molar refractivity (Wildman–Crippen MR) is 105 cm³/mol. The summed E-state index contributed by atoms with van der Waals surface area (Å²) in [5, 5.41) is 12.3. The molecule has 0 aliphatic heterocycles. The zero-order valence-electron chi connectivity index (χ0n) is 15.3. The van der Waals surface area contributed by atoms with Crippen molar-refractivity contribution in [3.63, 3.8) is 0 Å². The third-order valence-corrected chi connectivity index (χ3v) is 4.16. The van der Waals surface area contributed by atoms with E-state index < -0.39 is 17.5 Å². The first kappa shape index (κ1) is 19.2. The molecule has 3 aromatic rings. The molecule has 3 rings (SSSR count). The van der Waals surface area contributed by atoms with Crippen molar-refractivity contribution in [1.82, 2.24) is 0 Å². The molecule has 144 valence electrons. The Hall–Kier alpha value is -3.54. The number of aromatic hydroxyl groups is 1. The van der Waals surface area contributed by atoms with Crippen LogP contribution in [0, 0.1) is 5.82 Å². The van der Waals surface area contributed by atoms with Gasteiger partial charge < -0.3 is 19.9 Å². The minimum Gasteiger partial charge on any atom is -0.504 e. The van der Waals surface area contributed by atoms with Gasteiger partial charge in [-0.05, 0) is 35.9 Å². The highest BCUT2D eigenvalue weighted by Crippen LogP contribution is 2.24. The number of halogens is 1. The first-order valence-corrected chi connectivity index (χ1v) is 8.72. The molecule has 0 saturated heterocycles. The molecule has 6 heteroatoms. The second kappa shape index (κ2) is 8.90. The maximum atomic E-state index is 13.4. The van der Waals surface area contributed by atoms with E-state index in [-0.39, 0.29) is 5.56 Å². The number of para-hydroxylation sites is 2. The molecule has 28 heavy (non-hydrogen) atoms. The van der Waals surface area contributed by atoms with Crippen LogP contribution in [0.5, 0.6) is 17.2 Å². The first-order chi connectivity index (χ1) is 13.6. The molecule has 0 bridgehead atoms. The molecule has 0 atom stereocenters. The maximum absolute atomic E-state index is 13.4. The van der Waals surface area contributed by atoms with Crippen LogP contribution in [-0.2, 0) is 6.42 Å². The topological polar surface area (TPSA) is 67.8 Å². The van der Waals surface area contributed by atoms with Gasteiger partial charge in [0.1, 0.15) is 11.5 Å². The van der Waals surface area contributed by atoms with Crippen molar-refractivity contribution in [3.05, 3.63) is 83.7 Å². The highest BCUT2D eigenvalue weighted by molar-refractivity contribution is 6.06. The summed E-state index contributed by atoms with van der Waals surface area (Å²) in [6.07, 6.45) is 0.664. The highest BCUT2D eigenvalue weighted by Gasteiger charge is 2.14. The van der Waals surface area contributed by atoms with Gasteiger partial charge in [-0.25, -0.2) is 4.39 Å². The molecular weight excluding hydrogens is 361 g/mol. The second-order valence-electron chi connectivity index (χ2n) is 6.03. The van der Waals surface area contributed by atoms with Crippen LogP contribution in [-0.4, -0.2) is 24.7 Å². The molecular formula is C22H20FNO4. The molecule has 0 fully saturated rings. The highest BCUT2D eigenvalue weighted by atomic mass is 19.1. The zero-order chi connectivity index (χ0) is 19.9. The van der Waals surface area contributed by atoms with Gasteiger partial charge >= 0.3 is 0 Å². The average molecular weight is 381 g/mol. The summed E-state index contributed by atoms with van der Waals surface area (Å²) in [4.78, 5) is 12.3. The minimum absolute atomic E-state index is 0.137. The van der Waals surface area contributed by atoms with Crippen LogP contribution in [0.25, 0.3) is 0 Å². The van der Waals surface area contributed by atoms with E-state index in [1.165, 1.54) is 12.1 Å². The van der Waals surface area contributed by atoms with E-state index in [0.717, 1.165) is 17.4 Å². The van der Waals surface area contributed by atoms with Crippen LogP contribution in [0.3, 0.4) is 0 Å². The van der Waals surface area contributed by atoms with Crippen LogP contribution >= 0.6 is 0 Å². The minimum atomic E-state index is -0.846. The summed E-state index contributed by atoms with van der Waals surface area (Å²) in [6.45, 7) is 0.433. The van der Waals surface area contributed by atoms with Gasteiger partial charge in [-0.3, -0.25) is 4.79 Å². The number of methoxy groups -OCH3 is 1. The van der Waals surface area contributed by atoms with Crippen molar-refractivity contribution in [1.29, 1.82) is 0 Å². The van der Waals surface area contributed by atoms with Gasteiger partial charge in [-0.1, -0.05) is 30.3 Å². The molecule has 0 aliphatic rings. The second-order valence-corrected chi connectivity index (χ2v) is 6.03. The Morgan fingerprint density at radius 1 is 1.07 bits per heavy atom. The molecule has 0 radical (unpaired) electrons. The number of carbonyl (C=O) groups is 1. The predicted octanol–water partition coefficient (Wildman–Crippen LogP) is 4.41. The maximum Gasteiger partial charge on any atom is 0.259 e. The van der Waals surface area contributed by atoms with E-state index in [1.807, 2.05) is 24.3 Å². The Morgan fingerprint density at radius 3 is 2.68 bits per heavy atom. The summed E-state index contributed by atoms with van der Waals surface area (Å²) in [5.74, 6) is -0.744. The number of rotatable bonds is 7. The van der Waals surface area contributed by atoms with Gasteiger partial charge in [0.15, 0.2) is 11.6 Å². The molecule has 0 spiro atoms. The van der Waals surface area contributed by atoms with Crippen molar-refractivity contribution in [2.45, 2.75) is 6.42 Å². The first-order valence-electron chi connectivity index (χ1n) is 8.72. The number of carbonyl (C=O) groups excluding carboxylic acids is 1. The number of amides is 1. The SMILES string of the molecule is COc1ccccc1CCOc1cccc(NC(=O)c2cccc(F)c2O)c1. The van der Waals surface area contributed by atoms with Crippen molar-refractivity contribution in [2.24, 2.45) is 0 Å². The quantitative estimate of drug-likeness (QED) is 0.636. The van der Waals surface area contributed by atoms with Crippen LogP contribution in [0.15, 0.2) is 66.7 Å². The van der Waals surface area contributed by atoms with Crippen LogP contribution in [0.1, 0.15) is 15.9 Å². The Morgan fingerprint density at radius 2 is 1.86 bits per heavy atom. The number of nitrogens with one attached hydrogen (secondary N) is 1. The molecule has 1 amide bonds. The van der Waals surface area contributed by atoms with E-state index in [0.29, 0.717) is 24.5 Å². The fourth-order valence-corrected chi connectivity index (χ4v) is 2.75. The molecule has 0 heterocycles. The van der Waals surface area contributed by atoms with Gasteiger partial charge in [0.05, 0.1) is 19.3 Å². The number of phenols is 1. The number of benzene rings is 3. The molecule has 0 aromatic heterocycles. The van der Waals surface area contributed by atoms with E-state index >= 15 is 0 Å². The van der Waals surface area contributed by atoms with Gasteiger partial charge in [-0.2, -0.15) is 0 Å². The molecule has 0 unspecified atom stereocenters. The summed E-state index contributed by atoms with van der Waals surface area (Å²) in [6, 6.07) is 18.4. The normalized spacial score (nSPS) is 10.4. The number of phenolic OH excluding ortho intramolecular Hbond substituents is 1. The zero-order valence-corrected chi connectivity index (χ0v) is 15.3. The van der Waals surface area contributed by atoms with E-state index in [4.69, 9.17) is 9.47 Å². The fourth-order valence-electron chi connectivity index (χ4n) is 2.75. The summed E-state index contributed by atoms with van der Waals surface area (Å²) in [7, 11) is 1.63. The Kier molecular flexibility index (Phi) is 6.11. The van der Waals surface area contributed by atoms with E-state index in [1.54, 1.807) is 31.4 Å².